The molecule has 0 aliphatic rings. The highest BCUT2D eigenvalue weighted by Gasteiger charge is 2.06. The van der Waals surface area contributed by atoms with Crippen molar-refractivity contribution in [3.05, 3.63) is 35.9 Å². The fraction of sp³-hybridized carbons (Fsp3) is 0.588. The van der Waals surface area contributed by atoms with Crippen LogP contribution in [0.1, 0.15) is 45.2 Å². The standard InChI is InChI=1S/C17H29N3O/c1-4-18-17(19-13-9-10-14-21-5-2)20-15(3)16-11-7-6-8-12-16/h6-8,11-12,15H,4-5,9-10,13-14H2,1-3H3,(H2,18,19,20). The largest absolute Gasteiger partial charge is 0.382 e. The third-order valence-electron chi connectivity index (χ3n) is 3.17. The molecule has 0 aliphatic heterocycles. The van der Waals surface area contributed by atoms with Crippen molar-refractivity contribution in [2.45, 2.75) is 39.7 Å². The van der Waals surface area contributed by atoms with Gasteiger partial charge in [-0.25, -0.2) is 0 Å². The number of rotatable bonds is 9. The number of nitrogens with one attached hydrogen (secondary N) is 2. The molecule has 0 amide bonds. The molecule has 1 aromatic rings. The molecule has 2 N–H and O–H groups in total. The van der Waals surface area contributed by atoms with E-state index in [0.717, 1.165) is 45.1 Å². The van der Waals surface area contributed by atoms with Gasteiger partial charge in [-0.1, -0.05) is 30.3 Å². The van der Waals surface area contributed by atoms with Crippen molar-refractivity contribution in [2.75, 3.05) is 26.3 Å². The first-order chi connectivity index (χ1) is 10.3. The average Bonchev–Trinajstić information content (AvgIpc) is 2.51. The van der Waals surface area contributed by atoms with Crippen LogP contribution in [-0.4, -0.2) is 32.3 Å². The minimum atomic E-state index is 0.243. The van der Waals surface area contributed by atoms with E-state index < -0.39 is 0 Å². The highest BCUT2D eigenvalue weighted by Crippen LogP contribution is 2.10. The lowest BCUT2D eigenvalue weighted by Crippen LogP contribution is -2.38. The fourth-order valence-electron chi connectivity index (χ4n) is 2.00. The number of ether oxygens (including phenoxy) is 1. The minimum absolute atomic E-state index is 0.243. The average molecular weight is 291 g/mol. The van der Waals surface area contributed by atoms with E-state index in [2.05, 4.69) is 53.7 Å². The number of guanidine groups is 1. The van der Waals surface area contributed by atoms with E-state index in [4.69, 9.17) is 4.74 Å². The number of aliphatic imine (C=N–C) groups is 1. The van der Waals surface area contributed by atoms with Crippen LogP contribution in [0, 0.1) is 0 Å². The van der Waals surface area contributed by atoms with Gasteiger partial charge in [-0.2, -0.15) is 0 Å². The number of unbranched alkanes of at least 4 members (excludes halogenated alkanes) is 1. The van der Waals surface area contributed by atoms with Gasteiger partial charge in [0.25, 0.3) is 0 Å². The lowest BCUT2D eigenvalue weighted by atomic mass is 10.1. The zero-order chi connectivity index (χ0) is 15.3. The maximum absolute atomic E-state index is 5.33. The maximum atomic E-state index is 5.33. The Morgan fingerprint density at radius 3 is 2.62 bits per heavy atom. The van der Waals surface area contributed by atoms with Gasteiger partial charge in [-0.05, 0) is 39.2 Å². The van der Waals surface area contributed by atoms with Crippen LogP contribution >= 0.6 is 0 Å². The molecule has 21 heavy (non-hydrogen) atoms. The molecule has 4 heteroatoms. The molecule has 0 spiro atoms. The lowest BCUT2D eigenvalue weighted by molar-refractivity contribution is 0.144. The topological polar surface area (TPSA) is 45.7 Å². The first kappa shape index (κ1) is 17.5. The molecule has 1 rings (SSSR count). The van der Waals surface area contributed by atoms with Gasteiger partial charge in [0.1, 0.15) is 0 Å². The Morgan fingerprint density at radius 2 is 1.95 bits per heavy atom. The van der Waals surface area contributed by atoms with Crippen molar-refractivity contribution < 1.29 is 4.74 Å². The van der Waals surface area contributed by atoms with Crippen LogP contribution in [0.25, 0.3) is 0 Å². The molecule has 0 heterocycles. The second kappa shape index (κ2) is 11.1. The van der Waals surface area contributed by atoms with Crippen LogP contribution in [0.15, 0.2) is 35.3 Å². The maximum Gasteiger partial charge on any atom is 0.191 e. The molecule has 0 fully saturated rings. The Labute approximate surface area is 129 Å². The summed E-state index contributed by atoms with van der Waals surface area (Å²) in [5, 5.41) is 6.74. The number of benzene rings is 1. The van der Waals surface area contributed by atoms with E-state index in [1.807, 2.05) is 13.0 Å². The molecule has 0 aliphatic carbocycles. The molecule has 4 nitrogen and oxygen atoms in total. The van der Waals surface area contributed by atoms with Crippen LogP contribution in [0.3, 0.4) is 0 Å². The van der Waals surface area contributed by atoms with Crippen LogP contribution in [0.5, 0.6) is 0 Å². The van der Waals surface area contributed by atoms with E-state index in [1.165, 1.54) is 5.56 Å². The normalized spacial score (nSPS) is 13.0. The summed E-state index contributed by atoms with van der Waals surface area (Å²) in [5.41, 5.74) is 1.26. The van der Waals surface area contributed by atoms with Gasteiger partial charge in [-0.3, -0.25) is 4.99 Å². The molecule has 0 radical (unpaired) electrons. The molecule has 0 saturated heterocycles. The van der Waals surface area contributed by atoms with Gasteiger partial charge in [0.05, 0.1) is 6.04 Å². The molecular weight excluding hydrogens is 262 g/mol. The molecule has 1 unspecified atom stereocenters. The van der Waals surface area contributed by atoms with Gasteiger partial charge < -0.3 is 15.4 Å². The summed E-state index contributed by atoms with van der Waals surface area (Å²) in [6, 6.07) is 10.7. The Bertz CT molecular complexity index is 392. The van der Waals surface area contributed by atoms with Gasteiger partial charge in [0.2, 0.25) is 0 Å². The monoisotopic (exact) mass is 291 g/mol. The van der Waals surface area contributed by atoms with Gasteiger partial charge >= 0.3 is 0 Å². The Kier molecular flexibility index (Phi) is 9.29. The minimum Gasteiger partial charge on any atom is -0.382 e. The molecule has 0 saturated carbocycles. The van der Waals surface area contributed by atoms with Gasteiger partial charge in [-0.15, -0.1) is 0 Å². The lowest BCUT2D eigenvalue weighted by Gasteiger charge is -2.18. The third kappa shape index (κ3) is 7.71. The van der Waals surface area contributed by atoms with E-state index in [9.17, 15) is 0 Å². The molecule has 1 aromatic carbocycles. The molecule has 0 bridgehead atoms. The SMILES string of the molecule is CCNC(=NCCCCOCC)NC(C)c1ccccc1. The van der Waals surface area contributed by atoms with Crippen molar-refractivity contribution in [3.63, 3.8) is 0 Å². The van der Waals surface area contributed by atoms with E-state index in [1.54, 1.807) is 0 Å². The summed E-state index contributed by atoms with van der Waals surface area (Å²) in [6.45, 7) is 9.57. The van der Waals surface area contributed by atoms with Crippen molar-refractivity contribution in [1.29, 1.82) is 0 Å². The zero-order valence-corrected chi connectivity index (χ0v) is 13.6. The fourth-order valence-corrected chi connectivity index (χ4v) is 2.00. The smallest absolute Gasteiger partial charge is 0.191 e. The molecule has 1 atom stereocenters. The second-order valence-corrected chi connectivity index (χ2v) is 4.94. The van der Waals surface area contributed by atoms with E-state index in [-0.39, 0.29) is 6.04 Å². The summed E-state index contributed by atoms with van der Waals surface area (Å²) in [4.78, 5) is 4.62. The molecule has 118 valence electrons. The summed E-state index contributed by atoms with van der Waals surface area (Å²) < 4.78 is 5.33. The second-order valence-electron chi connectivity index (χ2n) is 4.94. The van der Waals surface area contributed by atoms with Gasteiger partial charge in [0, 0.05) is 26.3 Å². The van der Waals surface area contributed by atoms with Gasteiger partial charge in [0.15, 0.2) is 5.96 Å². The van der Waals surface area contributed by atoms with Crippen LogP contribution < -0.4 is 10.6 Å². The summed E-state index contributed by atoms with van der Waals surface area (Å²) in [7, 11) is 0. The molecule has 0 aromatic heterocycles. The Morgan fingerprint density at radius 1 is 1.19 bits per heavy atom. The van der Waals surface area contributed by atoms with Crippen molar-refractivity contribution in [3.8, 4) is 0 Å². The van der Waals surface area contributed by atoms with Crippen LogP contribution in [0.2, 0.25) is 0 Å². The number of hydrogen-bond acceptors (Lipinski definition) is 2. The Balaban J connectivity index is 2.41. The highest BCUT2D eigenvalue weighted by molar-refractivity contribution is 5.80. The zero-order valence-electron chi connectivity index (χ0n) is 13.6. The quantitative estimate of drug-likeness (QED) is 0.417. The van der Waals surface area contributed by atoms with Crippen LogP contribution in [-0.2, 0) is 4.74 Å². The van der Waals surface area contributed by atoms with Crippen LogP contribution in [0.4, 0.5) is 0 Å². The first-order valence-electron chi connectivity index (χ1n) is 7.95. The third-order valence-corrected chi connectivity index (χ3v) is 3.17. The first-order valence-corrected chi connectivity index (χ1v) is 7.95. The summed E-state index contributed by atoms with van der Waals surface area (Å²) in [5.74, 6) is 0.880. The van der Waals surface area contributed by atoms with E-state index in [0.29, 0.717) is 0 Å². The molecular formula is C17H29N3O. The van der Waals surface area contributed by atoms with Crippen molar-refractivity contribution >= 4 is 5.96 Å². The van der Waals surface area contributed by atoms with Crippen molar-refractivity contribution in [2.24, 2.45) is 4.99 Å². The number of hydrogen-bond donors (Lipinski definition) is 2. The van der Waals surface area contributed by atoms with Crippen molar-refractivity contribution in [1.82, 2.24) is 10.6 Å². The summed E-state index contributed by atoms with van der Waals surface area (Å²) >= 11 is 0. The predicted molar refractivity (Wildman–Crippen MR) is 89.7 cm³/mol. The van der Waals surface area contributed by atoms with E-state index >= 15 is 0 Å². The summed E-state index contributed by atoms with van der Waals surface area (Å²) in [6.07, 6.45) is 2.11. The predicted octanol–water partition coefficient (Wildman–Crippen LogP) is 3.12. The Hall–Kier alpha value is -1.55. The number of nitrogens with zero attached hydrogens (tertiary/aromatic N) is 1. The highest BCUT2D eigenvalue weighted by atomic mass is 16.5.